The summed E-state index contributed by atoms with van der Waals surface area (Å²) in [6.45, 7) is 9.21. The third-order valence-electron chi connectivity index (χ3n) is 4.36. The van der Waals surface area contributed by atoms with Crippen molar-refractivity contribution >= 4 is 6.03 Å². The number of hydrogen-bond donors (Lipinski definition) is 0. The van der Waals surface area contributed by atoms with Crippen molar-refractivity contribution in [3.05, 3.63) is 29.8 Å². The molecular formula is C19H30N2O2. The predicted molar refractivity (Wildman–Crippen MR) is 93.6 cm³/mol. The fourth-order valence-electron chi connectivity index (χ4n) is 3.35. The lowest BCUT2D eigenvalue weighted by atomic mass is 9.84. The Morgan fingerprint density at radius 3 is 2.52 bits per heavy atom. The van der Waals surface area contributed by atoms with E-state index in [0.717, 1.165) is 30.8 Å². The van der Waals surface area contributed by atoms with Gasteiger partial charge in [0.1, 0.15) is 5.75 Å². The van der Waals surface area contributed by atoms with Crippen LogP contribution in [0.2, 0.25) is 0 Å². The summed E-state index contributed by atoms with van der Waals surface area (Å²) in [6.07, 6.45) is 2.30. The van der Waals surface area contributed by atoms with Gasteiger partial charge >= 0.3 is 6.03 Å². The van der Waals surface area contributed by atoms with Crippen LogP contribution in [0.15, 0.2) is 24.3 Å². The van der Waals surface area contributed by atoms with E-state index in [-0.39, 0.29) is 6.03 Å². The molecule has 1 fully saturated rings. The fraction of sp³-hybridized carbons (Fsp3) is 0.632. The van der Waals surface area contributed by atoms with Crippen molar-refractivity contribution in [1.82, 2.24) is 9.80 Å². The maximum atomic E-state index is 12.6. The summed E-state index contributed by atoms with van der Waals surface area (Å²) in [4.78, 5) is 16.4. The zero-order valence-electron chi connectivity index (χ0n) is 15.1. The van der Waals surface area contributed by atoms with Crippen LogP contribution < -0.4 is 4.74 Å². The van der Waals surface area contributed by atoms with Crippen molar-refractivity contribution in [3.8, 4) is 5.75 Å². The molecule has 1 heterocycles. The number of likely N-dealkylation sites (tertiary alicyclic amines) is 1. The summed E-state index contributed by atoms with van der Waals surface area (Å²) < 4.78 is 5.17. The van der Waals surface area contributed by atoms with E-state index in [2.05, 4.69) is 20.8 Å². The second kappa shape index (κ2) is 7.24. The maximum Gasteiger partial charge on any atom is 0.320 e. The first-order valence-electron chi connectivity index (χ1n) is 8.41. The van der Waals surface area contributed by atoms with Crippen LogP contribution in [0.25, 0.3) is 0 Å². The molecule has 0 N–H and O–H groups in total. The average Bonchev–Trinajstić information content (AvgIpc) is 2.93. The van der Waals surface area contributed by atoms with Gasteiger partial charge < -0.3 is 14.5 Å². The minimum Gasteiger partial charge on any atom is -0.497 e. The molecule has 0 bridgehead atoms. The molecule has 0 aliphatic carbocycles. The number of rotatable bonds is 4. The molecule has 1 saturated heterocycles. The summed E-state index contributed by atoms with van der Waals surface area (Å²) in [6, 6.07) is 8.02. The van der Waals surface area contributed by atoms with Crippen molar-refractivity contribution in [2.24, 2.45) is 11.3 Å². The lowest BCUT2D eigenvalue weighted by Crippen LogP contribution is -2.39. The Morgan fingerprint density at radius 2 is 1.96 bits per heavy atom. The second-order valence-corrected chi connectivity index (χ2v) is 7.85. The molecule has 1 aliphatic rings. The van der Waals surface area contributed by atoms with E-state index in [1.165, 1.54) is 6.42 Å². The minimum atomic E-state index is 0.136. The lowest BCUT2D eigenvalue weighted by Gasteiger charge is -2.26. The Labute approximate surface area is 140 Å². The van der Waals surface area contributed by atoms with Gasteiger partial charge in [-0.2, -0.15) is 0 Å². The van der Waals surface area contributed by atoms with E-state index < -0.39 is 0 Å². The van der Waals surface area contributed by atoms with Crippen molar-refractivity contribution in [2.45, 2.75) is 40.2 Å². The summed E-state index contributed by atoms with van der Waals surface area (Å²) >= 11 is 0. The van der Waals surface area contributed by atoms with Gasteiger partial charge in [-0.3, -0.25) is 0 Å². The highest BCUT2D eigenvalue weighted by Crippen LogP contribution is 2.30. The smallest absolute Gasteiger partial charge is 0.320 e. The van der Waals surface area contributed by atoms with Gasteiger partial charge in [-0.15, -0.1) is 0 Å². The van der Waals surface area contributed by atoms with Crippen molar-refractivity contribution in [3.63, 3.8) is 0 Å². The molecule has 4 heteroatoms. The Balaban J connectivity index is 1.87. The highest BCUT2D eigenvalue weighted by atomic mass is 16.5. The minimum absolute atomic E-state index is 0.136. The fourth-order valence-corrected chi connectivity index (χ4v) is 3.35. The summed E-state index contributed by atoms with van der Waals surface area (Å²) in [5.74, 6) is 1.47. The summed E-state index contributed by atoms with van der Waals surface area (Å²) in [5, 5.41) is 0. The van der Waals surface area contributed by atoms with Crippen LogP contribution in [0.1, 0.15) is 39.2 Å². The third-order valence-corrected chi connectivity index (χ3v) is 4.36. The highest BCUT2D eigenvalue weighted by Gasteiger charge is 2.30. The van der Waals surface area contributed by atoms with E-state index >= 15 is 0 Å². The van der Waals surface area contributed by atoms with E-state index in [1.54, 1.807) is 12.0 Å². The lowest BCUT2D eigenvalue weighted by molar-refractivity contribution is 0.167. The Bertz CT molecular complexity index is 519. The van der Waals surface area contributed by atoms with Gasteiger partial charge in [0.15, 0.2) is 0 Å². The number of urea groups is 1. The molecule has 128 valence electrons. The van der Waals surface area contributed by atoms with E-state index in [1.807, 2.05) is 36.2 Å². The number of carbonyl (C=O) groups excluding carboxylic acids is 1. The largest absolute Gasteiger partial charge is 0.497 e. The van der Waals surface area contributed by atoms with Gasteiger partial charge in [0.05, 0.1) is 7.11 Å². The normalized spacial score (nSPS) is 18.1. The van der Waals surface area contributed by atoms with Gasteiger partial charge in [-0.1, -0.05) is 32.9 Å². The van der Waals surface area contributed by atoms with Gasteiger partial charge in [-0.05, 0) is 41.9 Å². The average molecular weight is 318 g/mol. The molecular weight excluding hydrogens is 288 g/mol. The molecule has 0 unspecified atom stereocenters. The Morgan fingerprint density at radius 1 is 1.30 bits per heavy atom. The maximum absolute atomic E-state index is 12.6. The van der Waals surface area contributed by atoms with E-state index in [4.69, 9.17) is 4.74 Å². The van der Waals surface area contributed by atoms with Crippen LogP contribution in [0.5, 0.6) is 5.75 Å². The Hall–Kier alpha value is -1.71. The van der Waals surface area contributed by atoms with Crippen LogP contribution in [0.3, 0.4) is 0 Å². The molecule has 2 rings (SSSR count). The van der Waals surface area contributed by atoms with Gasteiger partial charge in [0.2, 0.25) is 0 Å². The highest BCUT2D eigenvalue weighted by molar-refractivity contribution is 5.74. The molecule has 0 saturated carbocycles. The number of benzene rings is 1. The number of nitrogens with zero attached hydrogens (tertiary/aromatic N) is 2. The van der Waals surface area contributed by atoms with Crippen molar-refractivity contribution < 1.29 is 9.53 Å². The summed E-state index contributed by atoms with van der Waals surface area (Å²) in [7, 11) is 3.54. The second-order valence-electron chi connectivity index (χ2n) is 7.85. The molecule has 1 aromatic carbocycles. The number of hydrogen-bond acceptors (Lipinski definition) is 2. The predicted octanol–water partition coefficient (Wildman–Crippen LogP) is 4.01. The Kier molecular flexibility index (Phi) is 5.55. The molecule has 4 nitrogen and oxygen atoms in total. The van der Waals surface area contributed by atoms with Crippen LogP contribution in [0.4, 0.5) is 4.79 Å². The zero-order valence-corrected chi connectivity index (χ0v) is 15.1. The number of ether oxygens (including phenoxy) is 1. The standard InChI is InChI=1S/C19H30N2O2/c1-19(2,3)12-16-10-11-21(14-16)18(22)20(4)13-15-6-8-17(23-5)9-7-15/h6-9,16H,10-14H2,1-5H3/t16-/m0/s1. The molecule has 1 aromatic rings. The molecule has 2 amide bonds. The van der Waals surface area contributed by atoms with Crippen molar-refractivity contribution in [1.29, 1.82) is 0 Å². The number of carbonyl (C=O) groups is 1. The van der Waals surface area contributed by atoms with Gasteiger partial charge in [0, 0.05) is 26.7 Å². The van der Waals surface area contributed by atoms with Gasteiger partial charge in [-0.25, -0.2) is 4.79 Å². The van der Waals surface area contributed by atoms with Crippen molar-refractivity contribution in [2.75, 3.05) is 27.2 Å². The first-order chi connectivity index (χ1) is 10.8. The molecule has 23 heavy (non-hydrogen) atoms. The quantitative estimate of drug-likeness (QED) is 0.840. The SMILES string of the molecule is COc1ccc(CN(C)C(=O)N2CC[C@@H](CC(C)(C)C)C2)cc1. The van der Waals surface area contributed by atoms with Crippen LogP contribution in [-0.2, 0) is 6.54 Å². The molecule has 0 aromatic heterocycles. The van der Waals surface area contributed by atoms with Gasteiger partial charge in [0.25, 0.3) is 0 Å². The summed E-state index contributed by atoms with van der Waals surface area (Å²) in [5.41, 5.74) is 1.45. The molecule has 1 aliphatic heterocycles. The molecule has 0 radical (unpaired) electrons. The van der Waals surface area contributed by atoms with Crippen LogP contribution in [0, 0.1) is 11.3 Å². The van der Waals surface area contributed by atoms with E-state index in [0.29, 0.717) is 17.9 Å². The number of amides is 2. The molecule has 0 spiro atoms. The number of methoxy groups -OCH3 is 1. The zero-order chi connectivity index (χ0) is 17.0. The van der Waals surface area contributed by atoms with Crippen LogP contribution in [-0.4, -0.2) is 43.1 Å². The topological polar surface area (TPSA) is 32.8 Å². The first kappa shape index (κ1) is 17.6. The van der Waals surface area contributed by atoms with E-state index in [9.17, 15) is 4.79 Å². The first-order valence-corrected chi connectivity index (χ1v) is 8.41. The van der Waals surface area contributed by atoms with Crippen LogP contribution >= 0.6 is 0 Å². The molecule has 1 atom stereocenters. The third kappa shape index (κ3) is 5.15. The monoisotopic (exact) mass is 318 g/mol.